The smallest absolute Gasteiger partial charge is 0.0572 e. The van der Waals surface area contributed by atoms with Crippen LogP contribution < -0.4 is 21.8 Å². The van der Waals surface area contributed by atoms with Crippen LogP contribution in [-0.4, -0.2) is 46.4 Å². The summed E-state index contributed by atoms with van der Waals surface area (Å²) in [6.07, 6.45) is 3.33. The van der Waals surface area contributed by atoms with Crippen LogP contribution in [0.3, 0.4) is 0 Å². The summed E-state index contributed by atoms with van der Waals surface area (Å²) in [6.45, 7) is 5.90. The van der Waals surface area contributed by atoms with Crippen molar-refractivity contribution in [2.45, 2.75) is 19.3 Å². The second kappa shape index (κ2) is 13.8. The molecule has 0 radical (unpaired) electrons. The van der Waals surface area contributed by atoms with E-state index in [0.29, 0.717) is 0 Å². The number of rotatable bonds is 12. The van der Waals surface area contributed by atoms with Gasteiger partial charge in [-0.05, 0) is 52.0 Å². The molecule has 0 unspecified atom stereocenters. The average Bonchev–Trinajstić information content (AvgIpc) is 2.26. The van der Waals surface area contributed by atoms with E-state index < -0.39 is 0 Å². The van der Waals surface area contributed by atoms with Crippen molar-refractivity contribution in [3.63, 3.8) is 0 Å². The second-order valence-electron chi connectivity index (χ2n) is 3.45. The Morgan fingerprint density at radius 3 is 1.93 bits per heavy atom. The number of nitrogens with two attached hydrogens (primary N) is 1. The summed E-state index contributed by atoms with van der Waals surface area (Å²) in [4.78, 5) is 4.73. The number of hydroxylamine groups is 1. The van der Waals surface area contributed by atoms with Gasteiger partial charge in [-0.25, -0.2) is 5.48 Å². The molecule has 5 N–H and O–H groups in total. The number of hydrogen-bond acceptors (Lipinski definition) is 5. The summed E-state index contributed by atoms with van der Waals surface area (Å²) < 4.78 is 0. The highest BCUT2D eigenvalue weighted by Crippen LogP contribution is 1.77. The molecule has 0 aliphatic carbocycles. The van der Waals surface area contributed by atoms with Gasteiger partial charge < -0.3 is 21.2 Å². The largest absolute Gasteiger partial charge is 0.330 e. The Kier molecular flexibility index (Phi) is 13.6. The third-order valence-corrected chi connectivity index (χ3v) is 2.04. The summed E-state index contributed by atoms with van der Waals surface area (Å²) in [5, 5.41) is 6.72. The van der Waals surface area contributed by atoms with Crippen molar-refractivity contribution in [1.82, 2.24) is 16.1 Å². The van der Waals surface area contributed by atoms with E-state index in [0.717, 1.165) is 52.1 Å². The third kappa shape index (κ3) is 13.8. The maximum atomic E-state index is 5.38. The summed E-state index contributed by atoms with van der Waals surface area (Å²) >= 11 is 0. The highest BCUT2D eigenvalue weighted by atomic mass is 16.6. The molecule has 0 bridgehead atoms. The molecule has 15 heavy (non-hydrogen) atoms. The van der Waals surface area contributed by atoms with Gasteiger partial charge in [0.1, 0.15) is 0 Å². The quantitative estimate of drug-likeness (QED) is 0.261. The predicted molar refractivity (Wildman–Crippen MR) is 63.7 cm³/mol. The number of hydrogen-bond donors (Lipinski definition) is 4. The highest BCUT2D eigenvalue weighted by molar-refractivity contribution is 4.53. The molecule has 5 nitrogen and oxygen atoms in total. The van der Waals surface area contributed by atoms with Gasteiger partial charge in [-0.1, -0.05) is 0 Å². The van der Waals surface area contributed by atoms with E-state index in [1.807, 2.05) is 0 Å². The lowest BCUT2D eigenvalue weighted by atomic mass is 10.3. The van der Waals surface area contributed by atoms with E-state index in [1.54, 1.807) is 7.11 Å². The molecule has 0 saturated heterocycles. The molecule has 0 spiro atoms. The van der Waals surface area contributed by atoms with Gasteiger partial charge in [-0.3, -0.25) is 0 Å². The zero-order valence-corrected chi connectivity index (χ0v) is 9.85. The molecule has 0 aliphatic rings. The molecule has 92 valence electrons. The Balaban J connectivity index is 2.81. The lowest BCUT2D eigenvalue weighted by Crippen LogP contribution is -2.25. The van der Waals surface area contributed by atoms with Crippen molar-refractivity contribution >= 4 is 0 Å². The van der Waals surface area contributed by atoms with E-state index in [1.165, 1.54) is 6.42 Å². The normalized spacial score (nSPS) is 10.8. The van der Waals surface area contributed by atoms with Gasteiger partial charge in [0.05, 0.1) is 7.11 Å². The first-order valence-corrected chi connectivity index (χ1v) is 5.79. The van der Waals surface area contributed by atoms with E-state index in [9.17, 15) is 0 Å². The molecule has 0 aromatic rings. The topological polar surface area (TPSA) is 71.3 Å². The van der Waals surface area contributed by atoms with E-state index in [4.69, 9.17) is 10.6 Å². The van der Waals surface area contributed by atoms with Gasteiger partial charge >= 0.3 is 0 Å². The minimum atomic E-state index is 0.776. The monoisotopic (exact) mass is 218 g/mol. The fourth-order valence-corrected chi connectivity index (χ4v) is 1.20. The Bertz CT molecular complexity index is 102. The predicted octanol–water partition coefficient (Wildman–Crippen LogP) is -0.554. The first-order chi connectivity index (χ1) is 7.41. The summed E-state index contributed by atoms with van der Waals surface area (Å²) in [5.74, 6) is 0. The van der Waals surface area contributed by atoms with Gasteiger partial charge in [0.25, 0.3) is 0 Å². The standard InChI is InChI=1S/C10H26N4O/c1-15-14-10-4-9-13-8-3-7-12-6-2-5-11/h12-14H,2-11H2,1H3. The molecule has 0 heterocycles. The van der Waals surface area contributed by atoms with E-state index in [-0.39, 0.29) is 0 Å². The fraction of sp³-hybridized carbons (Fsp3) is 1.00. The lowest BCUT2D eigenvalue weighted by Gasteiger charge is -2.06. The van der Waals surface area contributed by atoms with Crippen LogP contribution in [0.15, 0.2) is 0 Å². The van der Waals surface area contributed by atoms with Gasteiger partial charge in [0.15, 0.2) is 0 Å². The summed E-state index contributed by atoms with van der Waals surface area (Å²) in [7, 11) is 1.64. The van der Waals surface area contributed by atoms with Crippen LogP contribution in [0.2, 0.25) is 0 Å². The van der Waals surface area contributed by atoms with Crippen molar-refractivity contribution < 1.29 is 4.84 Å². The first-order valence-electron chi connectivity index (χ1n) is 5.79. The molecule has 0 amide bonds. The zero-order chi connectivity index (χ0) is 11.2. The fourth-order valence-electron chi connectivity index (χ4n) is 1.20. The molecule has 0 atom stereocenters. The zero-order valence-electron chi connectivity index (χ0n) is 9.85. The van der Waals surface area contributed by atoms with Crippen LogP contribution in [0, 0.1) is 0 Å². The van der Waals surface area contributed by atoms with Crippen LogP contribution in [0.4, 0.5) is 0 Å². The average molecular weight is 218 g/mol. The molecular formula is C10H26N4O. The maximum Gasteiger partial charge on any atom is 0.0572 e. The Morgan fingerprint density at radius 1 is 0.867 bits per heavy atom. The Labute approximate surface area is 93.1 Å². The van der Waals surface area contributed by atoms with Gasteiger partial charge in [0.2, 0.25) is 0 Å². The third-order valence-electron chi connectivity index (χ3n) is 2.04. The van der Waals surface area contributed by atoms with Gasteiger partial charge in [-0.15, -0.1) is 0 Å². The molecule has 5 heteroatoms. The molecule has 0 saturated carbocycles. The van der Waals surface area contributed by atoms with Crippen molar-refractivity contribution in [1.29, 1.82) is 0 Å². The van der Waals surface area contributed by atoms with Crippen molar-refractivity contribution in [3.05, 3.63) is 0 Å². The first kappa shape index (κ1) is 14.8. The van der Waals surface area contributed by atoms with Gasteiger partial charge in [0, 0.05) is 6.54 Å². The highest BCUT2D eigenvalue weighted by Gasteiger charge is 1.89. The van der Waals surface area contributed by atoms with Crippen molar-refractivity contribution in [2.24, 2.45) is 5.73 Å². The Morgan fingerprint density at radius 2 is 1.40 bits per heavy atom. The molecule has 0 aromatic heterocycles. The van der Waals surface area contributed by atoms with E-state index >= 15 is 0 Å². The second-order valence-corrected chi connectivity index (χ2v) is 3.45. The maximum absolute atomic E-state index is 5.38. The molecule has 0 fully saturated rings. The van der Waals surface area contributed by atoms with Crippen molar-refractivity contribution in [3.8, 4) is 0 Å². The molecule has 0 rings (SSSR count). The van der Waals surface area contributed by atoms with E-state index in [2.05, 4.69) is 16.1 Å². The minimum absolute atomic E-state index is 0.776. The van der Waals surface area contributed by atoms with Crippen LogP contribution in [0.5, 0.6) is 0 Å². The van der Waals surface area contributed by atoms with Crippen molar-refractivity contribution in [2.75, 3.05) is 46.4 Å². The van der Waals surface area contributed by atoms with Crippen LogP contribution in [0.25, 0.3) is 0 Å². The molecule has 0 aliphatic heterocycles. The number of nitrogens with one attached hydrogen (secondary N) is 3. The summed E-state index contributed by atoms with van der Waals surface area (Å²) in [5.41, 5.74) is 8.19. The van der Waals surface area contributed by atoms with Crippen LogP contribution in [-0.2, 0) is 4.84 Å². The summed E-state index contributed by atoms with van der Waals surface area (Å²) in [6, 6.07) is 0. The van der Waals surface area contributed by atoms with Crippen LogP contribution in [0.1, 0.15) is 19.3 Å². The van der Waals surface area contributed by atoms with Crippen LogP contribution >= 0.6 is 0 Å². The lowest BCUT2D eigenvalue weighted by molar-refractivity contribution is 0.0910. The molecule has 0 aromatic carbocycles. The molecular weight excluding hydrogens is 192 g/mol. The van der Waals surface area contributed by atoms with Gasteiger partial charge in [-0.2, -0.15) is 0 Å². The Hall–Kier alpha value is -0.200. The SMILES string of the molecule is CONCCCNCCCNCCCN. The minimum Gasteiger partial charge on any atom is -0.330 e.